The average molecular weight is 572 g/mol. The monoisotopic (exact) mass is 571 g/mol. The maximum atomic E-state index is 13.8. The minimum atomic E-state index is -0.335. The highest BCUT2D eigenvalue weighted by Gasteiger charge is 2.34. The van der Waals surface area contributed by atoms with E-state index in [-0.39, 0.29) is 36.8 Å². The minimum Gasteiger partial charge on any atom is -0.491 e. The number of amides is 2. The van der Waals surface area contributed by atoms with Crippen molar-refractivity contribution in [1.82, 2.24) is 14.7 Å². The van der Waals surface area contributed by atoms with Gasteiger partial charge in [0, 0.05) is 48.2 Å². The highest BCUT2D eigenvalue weighted by atomic mass is 35.5. The zero-order valence-corrected chi connectivity index (χ0v) is 23.1. The summed E-state index contributed by atoms with van der Waals surface area (Å²) in [6, 6.07) is 14.4. The van der Waals surface area contributed by atoms with Crippen LogP contribution in [0.2, 0.25) is 5.02 Å². The summed E-state index contributed by atoms with van der Waals surface area (Å²) in [5.41, 5.74) is 1.51. The molecule has 3 heterocycles. The number of nitrogens with zero attached hydrogens (tertiary/aromatic N) is 3. The second-order valence-corrected chi connectivity index (χ2v) is 11.0. The van der Waals surface area contributed by atoms with E-state index in [0.29, 0.717) is 49.2 Å². The third kappa shape index (κ3) is 6.97. The molecule has 39 heavy (non-hydrogen) atoms. The Balaban J connectivity index is 1.33. The van der Waals surface area contributed by atoms with Crippen molar-refractivity contribution in [3.63, 3.8) is 0 Å². The molecule has 3 aromatic rings. The van der Waals surface area contributed by atoms with Gasteiger partial charge >= 0.3 is 0 Å². The number of carbonyl (C=O) groups is 2. The molecule has 1 fully saturated rings. The van der Waals surface area contributed by atoms with Gasteiger partial charge in [0.05, 0.1) is 19.3 Å². The number of carbonyl (C=O) groups excluding carboxylic acids is 2. The van der Waals surface area contributed by atoms with Crippen molar-refractivity contribution >= 4 is 34.8 Å². The number of hydrogen-bond acceptors (Lipinski definition) is 6. The Morgan fingerprint density at radius 2 is 1.90 bits per heavy atom. The molecule has 2 aliphatic rings. The molecule has 10 heteroatoms. The quantitative estimate of drug-likeness (QED) is 0.378. The third-order valence-electron chi connectivity index (χ3n) is 7.11. The molecule has 0 saturated carbocycles. The van der Waals surface area contributed by atoms with Crippen LogP contribution in [0.1, 0.15) is 26.8 Å². The van der Waals surface area contributed by atoms with Crippen LogP contribution in [0.25, 0.3) is 0 Å². The smallest absolute Gasteiger partial charge is 0.254 e. The van der Waals surface area contributed by atoms with E-state index >= 15 is 0 Å². The van der Waals surface area contributed by atoms with Crippen molar-refractivity contribution in [3.8, 4) is 5.75 Å². The minimum absolute atomic E-state index is 0.0534. The van der Waals surface area contributed by atoms with Crippen LogP contribution in [-0.2, 0) is 16.0 Å². The summed E-state index contributed by atoms with van der Waals surface area (Å²) in [6.07, 6.45) is 0.752. The first-order valence-corrected chi connectivity index (χ1v) is 14.3. The predicted molar refractivity (Wildman–Crippen MR) is 149 cm³/mol. The standard InChI is InChI=1S/C29H31ClFN3O4S/c30-22-3-1-2-21(18-22)29(36)33(12-11-32-13-15-37-16-14-32)19-28(35)34-10-8-27-25(9-17-39-27)26(34)20-38-24-6-4-23(31)5-7-24/h1-7,9,17-18,26H,8,10-16,19-20H2/t26-/m1/s1. The van der Waals surface area contributed by atoms with Gasteiger partial charge < -0.3 is 19.3 Å². The molecule has 2 aliphatic heterocycles. The summed E-state index contributed by atoms with van der Waals surface area (Å²) in [5.74, 6) is -0.170. The topological polar surface area (TPSA) is 62.3 Å². The lowest BCUT2D eigenvalue weighted by atomic mass is 10.0. The summed E-state index contributed by atoms with van der Waals surface area (Å²) in [7, 11) is 0. The second kappa shape index (κ2) is 12.9. The molecular formula is C29H31ClFN3O4S. The van der Waals surface area contributed by atoms with Crippen LogP contribution >= 0.6 is 22.9 Å². The molecule has 0 bridgehead atoms. The van der Waals surface area contributed by atoms with Crippen LogP contribution < -0.4 is 4.74 Å². The molecule has 0 radical (unpaired) electrons. The molecule has 2 amide bonds. The van der Waals surface area contributed by atoms with E-state index in [1.807, 2.05) is 16.3 Å². The Bertz CT molecular complexity index is 1280. The average Bonchev–Trinajstić information content (AvgIpc) is 3.44. The van der Waals surface area contributed by atoms with E-state index in [1.54, 1.807) is 52.6 Å². The number of fused-ring (bicyclic) bond motifs is 1. The van der Waals surface area contributed by atoms with Gasteiger partial charge in [0.15, 0.2) is 0 Å². The molecule has 5 rings (SSSR count). The van der Waals surface area contributed by atoms with Crippen LogP contribution in [0, 0.1) is 5.82 Å². The van der Waals surface area contributed by atoms with E-state index in [2.05, 4.69) is 4.90 Å². The van der Waals surface area contributed by atoms with Crippen molar-refractivity contribution in [2.75, 3.05) is 59.1 Å². The van der Waals surface area contributed by atoms with Crippen LogP contribution in [0.15, 0.2) is 60.0 Å². The molecule has 2 aromatic carbocycles. The van der Waals surface area contributed by atoms with Crippen molar-refractivity contribution in [2.24, 2.45) is 0 Å². The fourth-order valence-corrected chi connectivity index (χ4v) is 6.10. The van der Waals surface area contributed by atoms with Crippen LogP contribution in [0.3, 0.4) is 0 Å². The first-order chi connectivity index (χ1) is 19.0. The molecule has 0 N–H and O–H groups in total. The Hall–Kier alpha value is -2.98. The number of rotatable bonds is 9. The summed E-state index contributed by atoms with van der Waals surface area (Å²) >= 11 is 7.84. The summed E-state index contributed by atoms with van der Waals surface area (Å²) in [4.78, 5) is 34.3. The number of ether oxygens (including phenoxy) is 2. The summed E-state index contributed by atoms with van der Waals surface area (Å²) in [5, 5.41) is 2.50. The lowest BCUT2D eigenvalue weighted by Gasteiger charge is -2.37. The number of thiophene rings is 1. The number of halogens is 2. The molecule has 0 spiro atoms. The summed E-state index contributed by atoms with van der Waals surface area (Å²) < 4.78 is 24.8. The van der Waals surface area contributed by atoms with Gasteiger partial charge in [0.2, 0.25) is 5.91 Å². The SMILES string of the molecule is O=C(c1cccc(Cl)c1)N(CCN1CCOCC1)CC(=O)N1CCc2sccc2[C@H]1COc1ccc(F)cc1. The van der Waals surface area contributed by atoms with Crippen molar-refractivity contribution in [1.29, 1.82) is 0 Å². The van der Waals surface area contributed by atoms with E-state index in [0.717, 1.165) is 25.1 Å². The molecule has 0 unspecified atom stereocenters. The lowest BCUT2D eigenvalue weighted by Crippen LogP contribution is -2.49. The Kier molecular flexibility index (Phi) is 9.13. The van der Waals surface area contributed by atoms with Gasteiger partial charge in [-0.15, -0.1) is 11.3 Å². The van der Waals surface area contributed by atoms with Crippen LogP contribution in [0.4, 0.5) is 4.39 Å². The highest BCUT2D eigenvalue weighted by Crippen LogP contribution is 2.34. The second-order valence-electron chi connectivity index (χ2n) is 9.61. The van der Waals surface area contributed by atoms with E-state index in [9.17, 15) is 14.0 Å². The molecule has 206 valence electrons. The fraction of sp³-hybridized carbons (Fsp3) is 0.379. The van der Waals surface area contributed by atoms with Gasteiger partial charge in [-0.2, -0.15) is 0 Å². The first kappa shape index (κ1) is 27.6. The lowest BCUT2D eigenvalue weighted by molar-refractivity contribution is -0.135. The first-order valence-electron chi connectivity index (χ1n) is 13.1. The van der Waals surface area contributed by atoms with E-state index in [4.69, 9.17) is 21.1 Å². The van der Waals surface area contributed by atoms with Crippen LogP contribution in [-0.4, -0.2) is 85.6 Å². The van der Waals surface area contributed by atoms with Crippen molar-refractivity contribution in [2.45, 2.75) is 12.5 Å². The normalized spacial score (nSPS) is 17.5. The number of hydrogen-bond donors (Lipinski definition) is 0. The van der Waals surface area contributed by atoms with Gasteiger partial charge in [-0.1, -0.05) is 17.7 Å². The molecular weight excluding hydrogens is 541 g/mol. The molecule has 1 atom stereocenters. The largest absolute Gasteiger partial charge is 0.491 e. The van der Waals surface area contributed by atoms with Crippen molar-refractivity contribution in [3.05, 3.63) is 86.8 Å². The fourth-order valence-electron chi connectivity index (χ4n) is 4.98. The van der Waals surface area contributed by atoms with Gasteiger partial charge in [-0.05, 0) is 65.9 Å². The molecule has 1 saturated heterocycles. The predicted octanol–water partition coefficient (Wildman–Crippen LogP) is 4.52. The molecule has 1 aromatic heterocycles. The van der Waals surface area contributed by atoms with E-state index < -0.39 is 0 Å². The maximum absolute atomic E-state index is 13.8. The number of benzene rings is 2. The zero-order chi connectivity index (χ0) is 27.2. The third-order valence-corrected chi connectivity index (χ3v) is 8.34. The number of morpholine rings is 1. The van der Waals surface area contributed by atoms with Gasteiger partial charge in [-0.25, -0.2) is 4.39 Å². The van der Waals surface area contributed by atoms with Crippen molar-refractivity contribution < 1.29 is 23.5 Å². The summed E-state index contributed by atoms with van der Waals surface area (Å²) in [6.45, 7) is 4.68. The maximum Gasteiger partial charge on any atom is 0.254 e. The molecule has 0 aliphatic carbocycles. The zero-order valence-electron chi connectivity index (χ0n) is 21.6. The van der Waals surface area contributed by atoms with Gasteiger partial charge in [0.25, 0.3) is 5.91 Å². The highest BCUT2D eigenvalue weighted by molar-refractivity contribution is 7.10. The Morgan fingerprint density at radius 3 is 2.67 bits per heavy atom. The Labute approximate surface area is 236 Å². The van der Waals surface area contributed by atoms with Gasteiger partial charge in [-0.3, -0.25) is 14.5 Å². The van der Waals surface area contributed by atoms with Crippen LogP contribution in [0.5, 0.6) is 5.75 Å². The van der Waals surface area contributed by atoms with E-state index in [1.165, 1.54) is 17.0 Å². The molecule has 7 nitrogen and oxygen atoms in total. The van der Waals surface area contributed by atoms with Gasteiger partial charge in [0.1, 0.15) is 24.7 Å². The Morgan fingerprint density at radius 1 is 1.10 bits per heavy atom.